The smallest absolute Gasteiger partial charge is 0.335 e. The number of hydrogen-bond donors (Lipinski definition) is 2. The Morgan fingerprint density at radius 3 is 2.74 bits per heavy atom. The number of ether oxygens (including phenoxy) is 1. The third-order valence-electron chi connectivity index (χ3n) is 3.25. The Hall–Kier alpha value is -2.99. The van der Waals surface area contributed by atoms with Crippen molar-refractivity contribution in [2.45, 2.75) is 11.9 Å². The molecular weight excluding hydrogens is 403 g/mol. The summed E-state index contributed by atoms with van der Waals surface area (Å²) in [6.07, 6.45) is 1.16. The van der Waals surface area contributed by atoms with Gasteiger partial charge in [-0.15, -0.1) is 0 Å². The molecule has 3 aromatic heterocycles. The number of urea groups is 1. The Morgan fingerprint density at radius 2 is 2.04 bits per heavy atom. The number of carbonyl (C=O) groups excluding carboxylic acids is 1. The standard InChI is InChI=1S/C14H12ClFN6O4S/c1-7-5-10(26-2)19-13(17-7)20-14(23)21-27(24,25)12-11(16)18-9-4-3-8(15)6-22(9)12/h3-6H,1-2H3,(H2,17,19,20,21,23). The summed E-state index contributed by atoms with van der Waals surface area (Å²) in [5.74, 6) is -1.31. The normalized spacial score (nSPS) is 11.4. The molecule has 3 rings (SSSR count). The van der Waals surface area contributed by atoms with E-state index in [9.17, 15) is 17.6 Å². The van der Waals surface area contributed by atoms with Crippen LogP contribution in [0.4, 0.5) is 15.1 Å². The summed E-state index contributed by atoms with van der Waals surface area (Å²) in [5, 5.41) is 1.44. The number of anilines is 1. The number of sulfonamides is 1. The van der Waals surface area contributed by atoms with Gasteiger partial charge in [-0.1, -0.05) is 11.6 Å². The van der Waals surface area contributed by atoms with Crippen molar-refractivity contribution in [2.75, 3.05) is 12.4 Å². The first-order chi connectivity index (χ1) is 12.7. The maximum atomic E-state index is 14.1. The highest BCUT2D eigenvalue weighted by Gasteiger charge is 2.28. The van der Waals surface area contributed by atoms with Gasteiger partial charge in [0.15, 0.2) is 0 Å². The van der Waals surface area contributed by atoms with E-state index in [1.165, 1.54) is 25.3 Å². The number of pyridine rings is 1. The van der Waals surface area contributed by atoms with E-state index in [0.717, 1.165) is 10.6 Å². The van der Waals surface area contributed by atoms with Crippen LogP contribution in [0.1, 0.15) is 5.69 Å². The van der Waals surface area contributed by atoms with Gasteiger partial charge in [0.2, 0.25) is 16.9 Å². The van der Waals surface area contributed by atoms with Crippen LogP contribution in [0.3, 0.4) is 0 Å². The summed E-state index contributed by atoms with van der Waals surface area (Å²) in [6.45, 7) is 1.63. The van der Waals surface area contributed by atoms with Crippen molar-refractivity contribution in [3.8, 4) is 5.88 Å². The Kier molecular flexibility index (Phi) is 4.85. The number of aryl methyl sites for hydroxylation is 1. The number of nitrogens with one attached hydrogen (secondary N) is 2. The first kappa shape index (κ1) is 18.8. The molecule has 0 aliphatic carbocycles. The minimum atomic E-state index is -4.62. The van der Waals surface area contributed by atoms with E-state index in [-0.39, 0.29) is 22.5 Å². The topological polar surface area (TPSA) is 128 Å². The van der Waals surface area contributed by atoms with E-state index in [2.05, 4.69) is 20.3 Å². The molecule has 142 valence electrons. The molecule has 0 radical (unpaired) electrons. The molecule has 0 aliphatic heterocycles. The fourth-order valence-electron chi connectivity index (χ4n) is 2.21. The highest BCUT2D eigenvalue weighted by atomic mass is 35.5. The van der Waals surface area contributed by atoms with Crippen molar-refractivity contribution in [3.63, 3.8) is 0 Å². The number of aromatic nitrogens is 4. The van der Waals surface area contributed by atoms with E-state index < -0.39 is 27.0 Å². The van der Waals surface area contributed by atoms with Gasteiger partial charge in [-0.2, -0.15) is 22.8 Å². The fraction of sp³-hybridized carbons (Fsp3) is 0.143. The van der Waals surface area contributed by atoms with Crippen LogP contribution in [0, 0.1) is 12.9 Å². The molecule has 13 heteroatoms. The average Bonchev–Trinajstić information content (AvgIpc) is 2.89. The molecule has 3 aromatic rings. The number of imidazole rings is 1. The maximum absolute atomic E-state index is 14.1. The molecule has 0 saturated heterocycles. The molecule has 10 nitrogen and oxygen atoms in total. The Labute approximate surface area is 157 Å². The highest BCUT2D eigenvalue weighted by molar-refractivity contribution is 7.90. The second-order valence-corrected chi connectivity index (χ2v) is 7.25. The molecule has 0 fully saturated rings. The van der Waals surface area contributed by atoms with Gasteiger partial charge in [0.1, 0.15) is 5.65 Å². The molecule has 0 atom stereocenters. The van der Waals surface area contributed by atoms with Crippen molar-refractivity contribution in [1.29, 1.82) is 0 Å². The lowest BCUT2D eigenvalue weighted by atomic mass is 10.4. The van der Waals surface area contributed by atoms with Crippen LogP contribution in [0.25, 0.3) is 5.65 Å². The zero-order valence-electron chi connectivity index (χ0n) is 13.9. The van der Waals surface area contributed by atoms with Crippen molar-refractivity contribution in [3.05, 3.63) is 41.1 Å². The zero-order chi connectivity index (χ0) is 19.8. The van der Waals surface area contributed by atoms with Gasteiger partial charge in [-0.05, 0) is 19.1 Å². The molecule has 0 aliphatic rings. The van der Waals surface area contributed by atoms with Gasteiger partial charge < -0.3 is 4.74 Å². The lowest BCUT2D eigenvalue weighted by molar-refractivity contribution is 0.256. The summed E-state index contributed by atoms with van der Waals surface area (Å²) in [5.41, 5.74) is 0.479. The van der Waals surface area contributed by atoms with E-state index in [1.54, 1.807) is 11.6 Å². The molecular formula is C14H12ClFN6O4S. The highest BCUT2D eigenvalue weighted by Crippen LogP contribution is 2.20. The number of halogens is 2. The van der Waals surface area contributed by atoms with Crippen molar-refractivity contribution in [1.82, 2.24) is 24.1 Å². The SMILES string of the molecule is COc1cc(C)nc(NC(=O)NS(=O)(=O)c2c(F)nc3ccc(Cl)cn23)n1. The number of hydrogen-bond acceptors (Lipinski definition) is 7. The molecule has 2 amide bonds. The lowest BCUT2D eigenvalue weighted by Crippen LogP contribution is -2.36. The molecule has 2 N–H and O–H groups in total. The Morgan fingerprint density at radius 1 is 1.30 bits per heavy atom. The number of fused-ring (bicyclic) bond motifs is 1. The fourth-order valence-corrected chi connectivity index (χ4v) is 3.43. The minimum absolute atomic E-state index is 0.00411. The molecule has 0 saturated carbocycles. The summed E-state index contributed by atoms with van der Waals surface area (Å²) in [6, 6.07) is 3.07. The van der Waals surface area contributed by atoms with Crippen LogP contribution >= 0.6 is 11.6 Å². The maximum Gasteiger partial charge on any atom is 0.335 e. The largest absolute Gasteiger partial charge is 0.481 e. The van der Waals surface area contributed by atoms with Crippen molar-refractivity contribution < 1.29 is 22.3 Å². The van der Waals surface area contributed by atoms with Gasteiger partial charge in [0.05, 0.1) is 12.1 Å². The van der Waals surface area contributed by atoms with Gasteiger partial charge in [-0.3, -0.25) is 9.72 Å². The third-order valence-corrected chi connectivity index (χ3v) is 4.80. The number of methoxy groups -OCH3 is 1. The lowest BCUT2D eigenvalue weighted by Gasteiger charge is -2.09. The zero-order valence-corrected chi connectivity index (χ0v) is 15.5. The number of nitrogens with zero attached hydrogens (tertiary/aromatic N) is 4. The second-order valence-electron chi connectivity index (χ2n) is 5.22. The Balaban J connectivity index is 1.89. The van der Waals surface area contributed by atoms with Gasteiger partial charge in [0, 0.05) is 18.0 Å². The van der Waals surface area contributed by atoms with E-state index in [1.807, 2.05) is 0 Å². The monoisotopic (exact) mass is 414 g/mol. The minimum Gasteiger partial charge on any atom is -0.481 e. The third kappa shape index (κ3) is 3.90. The average molecular weight is 415 g/mol. The molecule has 0 spiro atoms. The van der Waals surface area contributed by atoms with Gasteiger partial charge in [-0.25, -0.2) is 14.5 Å². The predicted octanol–water partition coefficient (Wildman–Crippen LogP) is 1.74. The summed E-state index contributed by atoms with van der Waals surface area (Å²) in [7, 11) is -3.25. The van der Waals surface area contributed by atoms with Crippen LogP contribution in [-0.2, 0) is 10.0 Å². The summed E-state index contributed by atoms with van der Waals surface area (Å²) in [4.78, 5) is 23.3. The van der Waals surface area contributed by atoms with E-state index in [0.29, 0.717) is 5.69 Å². The van der Waals surface area contributed by atoms with E-state index >= 15 is 0 Å². The quantitative estimate of drug-likeness (QED) is 0.665. The molecule has 0 unspecified atom stereocenters. The second kappa shape index (κ2) is 6.96. The number of rotatable bonds is 4. The van der Waals surface area contributed by atoms with Crippen LogP contribution in [-0.4, -0.2) is 40.9 Å². The van der Waals surface area contributed by atoms with Gasteiger partial charge >= 0.3 is 6.03 Å². The summed E-state index contributed by atoms with van der Waals surface area (Å²) < 4.78 is 46.5. The summed E-state index contributed by atoms with van der Waals surface area (Å²) >= 11 is 5.81. The van der Waals surface area contributed by atoms with Crippen molar-refractivity contribution in [2.24, 2.45) is 0 Å². The molecule has 0 bridgehead atoms. The molecule has 3 heterocycles. The van der Waals surface area contributed by atoms with Crippen LogP contribution in [0.2, 0.25) is 5.02 Å². The molecule has 27 heavy (non-hydrogen) atoms. The van der Waals surface area contributed by atoms with Crippen molar-refractivity contribution >= 4 is 39.3 Å². The number of amides is 2. The van der Waals surface area contributed by atoms with E-state index in [4.69, 9.17) is 16.3 Å². The first-order valence-corrected chi connectivity index (χ1v) is 9.12. The predicted molar refractivity (Wildman–Crippen MR) is 92.8 cm³/mol. The number of carbonyl (C=O) groups is 1. The molecule has 0 aromatic carbocycles. The van der Waals surface area contributed by atoms with Gasteiger partial charge in [0.25, 0.3) is 16.0 Å². The van der Waals surface area contributed by atoms with Crippen LogP contribution < -0.4 is 14.8 Å². The first-order valence-electron chi connectivity index (χ1n) is 7.26. The van der Waals surface area contributed by atoms with Crippen LogP contribution in [0.5, 0.6) is 5.88 Å². The van der Waals surface area contributed by atoms with Crippen LogP contribution in [0.15, 0.2) is 29.4 Å². The Bertz CT molecular complexity index is 1150.